The molecule has 0 fully saturated rings. The number of H-pyrrole nitrogens is 1. The molecule has 0 spiro atoms. The summed E-state index contributed by atoms with van der Waals surface area (Å²) < 4.78 is 13.5. The molecular formula is C15H13FN4. The van der Waals surface area contributed by atoms with Crippen LogP contribution in [0.2, 0.25) is 0 Å². The molecule has 20 heavy (non-hydrogen) atoms. The van der Waals surface area contributed by atoms with Crippen LogP contribution in [0.3, 0.4) is 0 Å². The van der Waals surface area contributed by atoms with E-state index in [4.69, 9.17) is 5.73 Å². The van der Waals surface area contributed by atoms with Gasteiger partial charge in [0, 0.05) is 5.56 Å². The smallest absolute Gasteiger partial charge is 0.158 e. The zero-order valence-electron chi connectivity index (χ0n) is 10.8. The molecule has 0 atom stereocenters. The highest BCUT2D eigenvalue weighted by atomic mass is 19.1. The zero-order chi connectivity index (χ0) is 13.7. The summed E-state index contributed by atoms with van der Waals surface area (Å²) in [6.07, 6.45) is 3.00. The molecule has 1 aromatic carbocycles. The third kappa shape index (κ3) is 1.52. The fraction of sp³-hybridized carbons (Fsp3) is 0.200. The van der Waals surface area contributed by atoms with Crippen molar-refractivity contribution in [2.24, 2.45) is 0 Å². The number of nitrogen functional groups attached to an aromatic ring is 1. The summed E-state index contributed by atoms with van der Waals surface area (Å²) in [5, 5.41) is 7.83. The number of rotatable bonds is 1. The summed E-state index contributed by atoms with van der Waals surface area (Å²) in [6, 6.07) is 6.55. The summed E-state index contributed by atoms with van der Waals surface area (Å²) in [5.74, 6) is 0.247. The topological polar surface area (TPSA) is 67.6 Å². The first-order valence-electron chi connectivity index (χ1n) is 6.65. The molecule has 0 amide bonds. The van der Waals surface area contributed by atoms with E-state index >= 15 is 0 Å². The highest BCUT2D eigenvalue weighted by molar-refractivity contribution is 5.93. The minimum absolute atomic E-state index is 0.250. The maximum Gasteiger partial charge on any atom is 0.158 e. The van der Waals surface area contributed by atoms with Gasteiger partial charge >= 0.3 is 0 Å². The molecule has 3 aromatic rings. The second-order valence-electron chi connectivity index (χ2n) is 5.11. The van der Waals surface area contributed by atoms with E-state index in [1.807, 2.05) is 6.07 Å². The first kappa shape index (κ1) is 11.4. The number of benzene rings is 1. The number of aromatic nitrogens is 3. The Kier molecular flexibility index (Phi) is 2.30. The van der Waals surface area contributed by atoms with Gasteiger partial charge in [0.15, 0.2) is 11.5 Å². The molecule has 2 heterocycles. The Morgan fingerprint density at radius 2 is 2.05 bits per heavy atom. The molecule has 0 saturated carbocycles. The van der Waals surface area contributed by atoms with E-state index in [1.165, 1.54) is 23.3 Å². The van der Waals surface area contributed by atoms with Crippen molar-refractivity contribution in [1.29, 1.82) is 0 Å². The van der Waals surface area contributed by atoms with Crippen LogP contribution in [0, 0.1) is 5.82 Å². The number of nitrogens with one attached hydrogen (secondary N) is 1. The second-order valence-corrected chi connectivity index (χ2v) is 5.11. The molecule has 0 aliphatic heterocycles. The molecule has 1 aliphatic carbocycles. The van der Waals surface area contributed by atoms with E-state index in [0.717, 1.165) is 35.9 Å². The molecule has 2 aromatic heterocycles. The Morgan fingerprint density at radius 3 is 2.90 bits per heavy atom. The summed E-state index contributed by atoms with van der Waals surface area (Å²) in [4.78, 5) is 4.61. The number of hydrogen-bond donors (Lipinski definition) is 2. The van der Waals surface area contributed by atoms with Crippen molar-refractivity contribution in [3.05, 3.63) is 41.2 Å². The Bertz CT molecular complexity index is 822. The average Bonchev–Trinajstić information content (AvgIpc) is 3.04. The number of pyridine rings is 1. The minimum atomic E-state index is -0.250. The van der Waals surface area contributed by atoms with Crippen molar-refractivity contribution in [3.63, 3.8) is 0 Å². The maximum atomic E-state index is 13.5. The van der Waals surface area contributed by atoms with E-state index in [-0.39, 0.29) is 5.82 Å². The van der Waals surface area contributed by atoms with Crippen LogP contribution in [0.4, 0.5) is 10.2 Å². The molecular weight excluding hydrogens is 255 g/mol. The van der Waals surface area contributed by atoms with Gasteiger partial charge in [0.05, 0.1) is 11.1 Å². The first-order valence-corrected chi connectivity index (χ1v) is 6.65. The lowest BCUT2D eigenvalue weighted by atomic mass is 10.0. The molecule has 4 nitrogen and oxygen atoms in total. The molecule has 4 rings (SSSR count). The van der Waals surface area contributed by atoms with Crippen molar-refractivity contribution in [2.75, 3.05) is 5.73 Å². The van der Waals surface area contributed by atoms with E-state index < -0.39 is 0 Å². The Balaban J connectivity index is 2.06. The Morgan fingerprint density at radius 1 is 1.20 bits per heavy atom. The van der Waals surface area contributed by atoms with Gasteiger partial charge in [-0.3, -0.25) is 5.10 Å². The van der Waals surface area contributed by atoms with E-state index in [2.05, 4.69) is 15.2 Å². The fourth-order valence-corrected chi connectivity index (χ4v) is 3.06. The van der Waals surface area contributed by atoms with Crippen molar-refractivity contribution < 1.29 is 4.39 Å². The summed E-state index contributed by atoms with van der Waals surface area (Å²) in [5.41, 5.74) is 10.6. The number of fused-ring (bicyclic) bond motifs is 3. The molecule has 0 saturated heterocycles. The molecule has 0 bridgehead atoms. The van der Waals surface area contributed by atoms with Gasteiger partial charge in [0.1, 0.15) is 5.82 Å². The minimum Gasteiger partial charge on any atom is -0.382 e. The number of halogens is 1. The summed E-state index contributed by atoms with van der Waals surface area (Å²) in [7, 11) is 0. The van der Waals surface area contributed by atoms with Gasteiger partial charge in [-0.1, -0.05) is 12.1 Å². The van der Waals surface area contributed by atoms with Gasteiger partial charge in [-0.25, -0.2) is 9.37 Å². The van der Waals surface area contributed by atoms with Crippen LogP contribution in [0.15, 0.2) is 24.3 Å². The van der Waals surface area contributed by atoms with Crippen molar-refractivity contribution >= 4 is 16.9 Å². The third-order valence-electron chi connectivity index (χ3n) is 3.90. The lowest BCUT2D eigenvalue weighted by Crippen LogP contribution is -1.96. The van der Waals surface area contributed by atoms with Crippen molar-refractivity contribution in [1.82, 2.24) is 15.2 Å². The third-order valence-corrected chi connectivity index (χ3v) is 3.90. The highest BCUT2D eigenvalue weighted by Gasteiger charge is 2.23. The molecule has 3 N–H and O–H groups in total. The van der Waals surface area contributed by atoms with Crippen LogP contribution < -0.4 is 5.73 Å². The highest BCUT2D eigenvalue weighted by Crippen LogP contribution is 2.37. The monoisotopic (exact) mass is 268 g/mol. The van der Waals surface area contributed by atoms with E-state index in [0.29, 0.717) is 11.5 Å². The maximum absolute atomic E-state index is 13.5. The predicted molar refractivity (Wildman–Crippen MR) is 75.7 cm³/mol. The molecule has 0 radical (unpaired) electrons. The van der Waals surface area contributed by atoms with Crippen LogP contribution in [0.5, 0.6) is 0 Å². The number of anilines is 1. The van der Waals surface area contributed by atoms with Gasteiger partial charge in [0.2, 0.25) is 0 Å². The van der Waals surface area contributed by atoms with Crippen molar-refractivity contribution in [3.8, 4) is 11.3 Å². The largest absolute Gasteiger partial charge is 0.382 e. The second kappa shape index (κ2) is 4.03. The van der Waals surface area contributed by atoms with Crippen LogP contribution in [-0.4, -0.2) is 15.2 Å². The quantitative estimate of drug-likeness (QED) is 0.713. The Hall–Kier alpha value is -2.43. The van der Waals surface area contributed by atoms with Crippen molar-refractivity contribution in [2.45, 2.75) is 19.3 Å². The van der Waals surface area contributed by atoms with Gasteiger partial charge < -0.3 is 5.73 Å². The van der Waals surface area contributed by atoms with E-state index in [1.54, 1.807) is 6.07 Å². The number of aryl methyl sites for hydroxylation is 1. The lowest BCUT2D eigenvalue weighted by molar-refractivity contribution is 0.628. The SMILES string of the molecule is Nc1n[nH]c2nc(-c3cccc(F)c3)c3c(c12)CCC3. The molecule has 1 aliphatic rings. The number of nitrogens with zero attached hydrogens (tertiary/aromatic N) is 2. The van der Waals surface area contributed by atoms with Gasteiger partial charge in [0.25, 0.3) is 0 Å². The summed E-state index contributed by atoms with van der Waals surface area (Å²) in [6.45, 7) is 0. The fourth-order valence-electron chi connectivity index (χ4n) is 3.06. The number of aromatic amines is 1. The van der Waals surface area contributed by atoms with Crippen LogP contribution >= 0.6 is 0 Å². The zero-order valence-corrected chi connectivity index (χ0v) is 10.8. The van der Waals surface area contributed by atoms with Crippen LogP contribution in [-0.2, 0) is 12.8 Å². The molecule has 100 valence electrons. The van der Waals surface area contributed by atoms with Crippen LogP contribution in [0.1, 0.15) is 17.5 Å². The standard InChI is InChI=1S/C15H13FN4/c16-9-4-1-3-8(7-9)13-11-6-2-5-10(11)12-14(17)19-20-15(12)18-13/h1,3-4,7H,2,5-6H2,(H3,17,18,19,20). The Labute approximate surface area is 114 Å². The summed E-state index contributed by atoms with van der Waals surface area (Å²) >= 11 is 0. The van der Waals surface area contributed by atoms with E-state index in [9.17, 15) is 4.39 Å². The van der Waals surface area contributed by atoms with Crippen LogP contribution in [0.25, 0.3) is 22.3 Å². The first-order chi connectivity index (χ1) is 9.74. The van der Waals surface area contributed by atoms with Gasteiger partial charge in [-0.15, -0.1) is 0 Å². The average molecular weight is 268 g/mol. The number of hydrogen-bond acceptors (Lipinski definition) is 3. The van der Waals surface area contributed by atoms with Gasteiger partial charge in [-0.2, -0.15) is 5.10 Å². The van der Waals surface area contributed by atoms with Gasteiger partial charge in [-0.05, 0) is 42.5 Å². The normalized spacial score (nSPS) is 13.8. The predicted octanol–water partition coefficient (Wildman–Crippen LogP) is 2.83. The molecule has 5 heteroatoms. The lowest BCUT2D eigenvalue weighted by Gasteiger charge is -2.09. The number of nitrogens with two attached hydrogens (primary N) is 1. The molecule has 0 unspecified atom stereocenters.